The molecule has 0 unspecified atom stereocenters. The molecule has 1 aromatic rings. The van der Waals surface area contributed by atoms with Crippen molar-refractivity contribution in [3.05, 3.63) is 17.7 Å². The van der Waals surface area contributed by atoms with E-state index >= 15 is 0 Å². The van der Waals surface area contributed by atoms with Gasteiger partial charge in [-0.3, -0.25) is 4.99 Å². The lowest BCUT2D eigenvalue weighted by molar-refractivity contribution is 1.00. The van der Waals surface area contributed by atoms with Crippen molar-refractivity contribution in [3.63, 3.8) is 0 Å². The van der Waals surface area contributed by atoms with Crippen molar-refractivity contribution in [2.75, 3.05) is 0 Å². The number of unbranched alkanes of at least 4 members (excludes halogenated alkanes) is 1. The first-order chi connectivity index (χ1) is 6.25. The van der Waals surface area contributed by atoms with Crippen LogP contribution in [0.5, 0.6) is 0 Å². The maximum Gasteiger partial charge on any atom is 0.116 e. The Kier molecular flexibility index (Phi) is 3.55. The fraction of sp³-hybridized carbons (Fsp3) is 0.500. The Hall–Kier alpha value is -1.25. The first kappa shape index (κ1) is 9.84. The zero-order chi connectivity index (χ0) is 9.68. The molecule has 0 radical (unpaired) electrons. The van der Waals surface area contributed by atoms with Crippen LogP contribution in [-0.2, 0) is 0 Å². The fourth-order valence-corrected chi connectivity index (χ4v) is 1.06. The molecule has 0 aliphatic heterocycles. The molecule has 13 heavy (non-hydrogen) atoms. The molecule has 3 nitrogen and oxygen atoms in total. The SMILES string of the molecule is CCCC=Nc1c(C)ncnc1C. The van der Waals surface area contributed by atoms with E-state index in [1.54, 1.807) is 6.33 Å². The molecule has 1 rings (SSSR count). The monoisotopic (exact) mass is 177 g/mol. The van der Waals surface area contributed by atoms with Crippen molar-refractivity contribution >= 4 is 11.9 Å². The predicted molar refractivity (Wildman–Crippen MR) is 54.6 cm³/mol. The molecule has 0 amide bonds. The number of aliphatic imine (C=N–C) groups is 1. The molecule has 0 aromatic carbocycles. The van der Waals surface area contributed by atoms with E-state index in [9.17, 15) is 0 Å². The van der Waals surface area contributed by atoms with Crippen molar-refractivity contribution in [2.24, 2.45) is 4.99 Å². The van der Waals surface area contributed by atoms with Gasteiger partial charge in [0.2, 0.25) is 0 Å². The molecule has 0 aliphatic rings. The maximum absolute atomic E-state index is 4.35. The molecule has 0 saturated carbocycles. The minimum Gasteiger partial charge on any atom is -0.257 e. The summed E-state index contributed by atoms with van der Waals surface area (Å²) in [5.41, 5.74) is 2.80. The first-order valence-electron chi connectivity index (χ1n) is 4.56. The van der Waals surface area contributed by atoms with E-state index in [0.717, 1.165) is 29.9 Å². The van der Waals surface area contributed by atoms with Gasteiger partial charge < -0.3 is 0 Å². The van der Waals surface area contributed by atoms with Gasteiger partial charge in [-0.2, -0.15) is 0 Å². The van der Waals surface area contributed by atoms with Gasteiger partial charge in [0.05, 0.1) is 11.4 Å². The second-order valence-electron chi connectivity index (χ2n) is 2.99. The van der Waals surface area contributed by atoms with Crippen molar-refractivity contribution in [1.29, 1.82) is 0 Å². The second-order valence-corrected chi connectivity index (χ2v) is 2.99. The van der Waals surface area contributed by atoms with Crippen LogP contribution < -0.4 is 0 Å². The summed E-state index contributed by atoms with van der Waals surface area (Å²) in [6.07, 6.45) is 5.63. The molecule has 0 bridgehead atoms. The van der Waals surface area contributed by atoms with Crippen LogP contribution in [0.1, 0.15) is 31.2 Å². The summed E-state index contributed by atoms with van der Waals surface area (Å²) >= 11 is 0. The number of nitrogens with zero attached hydrogens (tertiary/aromatic N) is 3. The van der Waals surface area contributed by atoms with Gasteiger partial charge in [-0.1, -0.05) is 13.3 Å². The van der Waals surface area contributed by atoms with Crippen LogP contribution in [0, 0.1) is 13.8 Å². The molecule has 1 aromatic heterocycles. The highest BCUT2D eigenvalue weighted by Crippen LogP contribution is 2.18. The van der Waals surface area contributed by atoms with E-state index in [2.05, 4.69) is 21.9 Å². The Labute approximate surface area is 79.0 Å². The minimum atomic E-state index is 0.913. The quantitative estimate of drug-likeness (QED) is 0.665. The molecule has 0 spiro atoms. The molecule has 1 heterocycles. The number of aryl methyl sites for hydroxylation is 2. The zero-order valence-corrected chi connectivity index (χ0v) is 8.41. The lowest BCUT2D eigenvalue weighted by atomic mass is 10.3. The Morgan fingerprint density at radius 2 is 1.92 bits per heavy atom. The highest BCUT2D eigenvalue weighted by Gasteiger charge is 2.00. The average Bonchev–Trinajstić information content (AvgIpc) is 2.10. The van der Waals surface area contributed by atoms with E-state index in [4.69, 9.17) is 0 Å². The van der Waals surface area contributed by atoms with Gasteiger partial charge in [-0.05, 0) is 20.3 Å². The lowest BCUT2D eigenvalue weighted by Gasteiger charge is -2.00. The molecule has 0 fully saturated rings. The summed E-state index contributed by atoms with van der Waals surface area (Å²) in [7, 11) is 0. The topological polar surface area (TPSA) is 38.1 Å². The molecule has 70 valence electrons. The van der Waals surface area contributed by atoms with Crippen LogP contribution in [0.3, 0.4) is 0 Å². The zero-order valence-electron chi connectivity index (χ0n) is 8.41. The number of hydrogen-bond acceptors (Lipinski definition) is 3. The molecule has 0 N–H and O–H groups in total. The highest BCUT2D eigenvalue weighted by atomic mass is 14.9. The van der Waals surface area contributed by atoms with Crippen molar-refractivity contribution < 1.29 is 0 Å². The van der Waals surface area contributed by atoms with Gasteiger partial charge in [0.1, 0.15) is 12.0 Å². The highest BCUT2D eigenvalue weighted by molar-refractivity contribution is 5.64. The van der Waals surface area contributed by atoms with E-state index in [1.807, 2.05) is 20.1 Å². The van der Waals surface area contributed by atoms with Gasteiger partial charge >= 0.3 is 0 Å². The summed E-state index contributed by atoms with van der Waals surface area (Å²) in [6, 6.07) is 0. The van der Waals surface area contributed by atoms with Gasteiger partial charge in [0.15, 0.2) is 0 Å². The van der Waals surface area contributed by atoms with Gasteiger partial charge in [-0.25, -0.2) is 9.97 Å². The van der Waals surface area contributed by atoms with Gasteiger partial charge in [0.25, 0.3) is 0 Å². The number of hydrogen-bond donors (Lipinski definition) is 0. The Morgan fingerprint density at radius 3 is 2.46 bits per heavy atom. The normalized spacial score (nSPS) is 11.0. The van der Waals surface area contributed by atoms with E-state index in [-0.39, 0.29) is 0 Å². The van der Waals surface area contributed by atoms with E-state index in [0.29, 0.717) is 0 Å². The first-order valence-corrected chi connectivity index (χ1v) is 4.56. The van der Waals surface area contributed by atoms with Gasteiger partial charge in [-0.15, -0.1) is 0 Å². The van der Waals surface area contributed by atoms with Crippen LogP contribution in [0.25, 0.3) is 0 Å². The standard InChI is InChI=1S/C10H15N3/c1-4-5-6-11-10-8(2)12-7-13-9(10)3/h6-7H,4-5H2,1-3H3. The number of aromatic nitrogens is 2. The third-order valence-corrected chi connectivity index (χ3v) is 1.83. The Bertz CT molecular complexity index is 285. The molecular weight excluding hydrogens is 162 g/mol. The van der Waals surface area contributed by atoms with Gasteiger partial charge in [0, 0.05) is 6.21 Å². The van der Waals surface area contributed by atoms with Crippen LogP contribution in [-0.4, -0.2) is 16.2 Å². The number of rotatable bonds is 3. The van der Waals surface area contributed by atoms with E-state index < -0.39 is 0 Å². The minimum absolute atomic E-state index is 0.913. The predicted octanol–water partition coefficient (Wildman–Crippen LogP) is 2.60. The van der Waals surface area contributed by atoms with Crippen molar-refractivity contribution in [2.45, 2.75) is 33.6 Å². The largest absolute Gasteiger partial charge is 0.257 e. The third kappa shape index (κ3) is 2.61. The molecule has 0 aliphatic carbocycles. The molecule has 3 heteroatoms. The summed E-state index contributed by atoms with van der Waals surface area (Å²) in [5, 5.41) is 0. The van der Waals surface area contributed by atoms with E-state index in [1.165, 1.54) is 0 Å². The lowest BCUT2D eigenvalue weighted by Crippen LogP contribution is -1.89. The molecular formula is C10H15N3. The smallest absolute Gasteiger partial charge is 0.116 e. The van der Waals surface area contributed by atoms with Crippen LogP contribution in [0.4, 0.5) is 5.69 Å². The third-order valence-electron chi connectivity index (χ3n) is 1.83. The summed E-state index contributed by atoms with van der Waals surface area (Å²) in [4.78, 5) is 12.5. The maximum atomic E-state index is 4.35. The van der Waals surface area contributed by atoms with Crippen LogP contribution >= 0.6 is 0 Å². The van der Waals surface area contributed by atoms with Crippen LogP contribution in [0.2, 0.25) is 0 Å². The summed E-state index contributed by atoms with van der Waals surface area (Å²) in [6.45, 7) is 6.04. The van der Waals surface area contributed by atoms with Crippen molar-refractivity contribution in [3.8, 4) is 0 Å². The second kappa shape index (κ2) is 4.70. The molecule has 0 saturated heterocycles. The Balaban J connectivity index is 2.87. The Morgan fingerprint density at radius 1 is 1.31 bits per heavy atom. The summed E-state index contributed by atoms with van der Waals surface area (Å²) in [5.74, 6) is 0. The average molecular weight is 177 g/mol. The van der Waals surface area contributed by atoms with Crippen LogP contribution in [0.15, 0.2) is 11.3 Å². The fourth-order valence-electron chi connectivity index (χ4n) is 1.06. The van der Waals surface area contributed by atoms with Crippen molar-refractivity contribution in [1.82, 2.24) is 9.97 Å². The summed E-state index contributed by atoms with van der Waals surface area (Å²) < 4.78 is 0. The molecule has 0 atom stereocenters.